The number of hydrogen-bond acceptors (Lipinski definition) is 2. The van der Waals surface area contributed by atoms with Crippen molar-refractivity contribution >= 4 is 41.5 Å². The number of nitrogens with zero attached hydrogens (tertiary/aromatic N) is 1. The molecule has 0 radical (unpaired) electrons. The molecule has 2 aromatic rings. The summed E-state index contributed by atoms with van der Waals surface area (Å²) in [6, 6.07) is 15.5. The topological polar surface area (TPSA) is 79.5 Å². The largest absolute Gasteiger partial charge is 0.370 e. The van der Waals surface area contributed by atoms with Gasteiger partial charge in [-0.15, -0.1) is 24.0 Å². The second kappa shape index (κ2) is 10.7. The van der Waals surface area contributed by atoms with E-state index in [1.54, 1.807) is 6.07 Å². The summed E-state index contributed by atoms with van der Waals surface area (Å²) >= 11 is 0. The Morgan fingerprint density at radius 3 is 2.52 bits per heavy atom. The van der Waals surface area contributed by atoms with E-state index in [4.69, 9.17) is 5.73 Å². The van der Waals surface area contributed by atoms with Crippen molar-refractivity contribution in [3.63, 3.8) is 0 Å². The average molecular weight is 452 g/mol. The van der Waals surface area contributed by atoms with Crippen LogP contribution in [0.25, 0.3) is 0 Å². The summed E-state index contributed by atoms with van der Waals surface area (Å²) in [5.41, 5.74) is 9.74. The lowest BCUT2D eigenvalue weighted by molar-refractivity contribution is 0.0954. The van der Waals surface area contributed by atoms with E-state index in [1.165, 1.54) is 5.56 Å². The first-order valence-corrected chi connectivity index (χ1v) is 8.09. The van der Waals surface area contributed by atoms with Gasteiger partial charge in [-0.2, -0.15) is 0 Å². The lowest BCUT2D eigenvalue weighted by atomic mass is 10.1. The third kappa shape index (κ3) is 7.13. The summed E-state index contributed by atoms with van der Waals surface area (Å²) < 4.78 is 0. The van der Waals surface area contributed by atoms with E-state index in [-0.39, 0.29) is 29.9 Å². The van der Waals surface area contributed by atoms with Crippen LogP contribution in [0.15, 0.2) is 53.5 Å². The number of rotatable bonds is 6. The predicted octanol–water partition coefficient (Wildman–Crippen LogP) is 3.33. The van der Waals surface area contributed by atoms with Gasteiger partial charge in [0, 0.05) is 17.8 Å². The summed E-state index contributed by atoms with van der Waals surface area (Å²) in [5.74, 6) is 0.236. The quantitative estimate of drug-likeness (QED) is 0.272. The number of halogens is 1. The van der Waals surface area contributed by atoms with E-state index in [0.717, 1.165) is 17.7 Å². The van der Waals surface area contributed by atoms with Crippen molar-refractivity contribution in [3.05, 3.63) is 65.2 Å². The van der Waals surface area contributed by atoms with Gasteiger partial charge in [0.2, 0.25) is 0 Å². The summed E-state index contributed by atoms with van der Waals surface area (Å²) in [4.78, 5) is 16.2. The van der Waals surface area contributed by atoms with Gasteiger partial charge in [0.05, 0.1) is 6.54 Å². The molecule has 0 aliphatic carbocycles. The Labute approximate surface area is 166 Å². The molecular weight excluding hydrogens is 427 g/mol. The van der Waals surface area contributed by atoms with Crippen LogP contribution in [-0.4, -0.2) is 25.0 Å². The molecule has 6 heteroatoms. The van der Waals surface area contributed by atoms with Crippen molar-refractivity contribution in [2.45, 2.75) is 20.3 Å². The number of nitrogens with one attached hydrogen (secondary N) is 2. The number of nitrogens with two attached hydrogens (primary N) is 1. The van der Waals surface area contributed by atoms with Crippen molar-refractivity contribution in [2.24, 2.45) is 10.7 Å². The number of carbonyl (C=O) groups is 1. The number of amides is 1. The second-order valence-electron chi connectivity index (χ2n) is 5.57. The minimum Gasteiger partial charge on any atom is -0.370 e. The maximum atomic E-state index is 12.0. The molecule has 25 heavy (non-hydrogen) atoms. The molecule has 4 N–H and O–H groups in total. The molecule has 0 spiro atoms. The van der Waals surface area contributed by atoms with Gasteiger partial charge in [-0.1, -0.05) is 36.8 Å². The van der Waals surface area contributed by atoms with Crippen LogP contribution in [0.3, 0.4) is 0 Å². The zero-order chi connectivity index (χ0) is 17.4. The zero-order valence-corrected chi connectivity index (χ0v) is 16.9. The molecule has 1 amide bonds. The first-order chi connectivity index (χ1) is 11.6. The molecule has 0 bridgehead atoms. The van der Waals surface area contributed by atoms with E-state index in [0.29, 0.717) is 24.6 Å². The van der Waals surface area contributed by atoms with E-state index in [9.17, 15) is 4.79 Å². The van der Waals surface area contributed by atoms with E-state index in [2.05, 4.69) is 34.7 Å². The molecule has 134 valence electrons. The van der Waals surface area contributed by atoms with Crippen LogP contribution in [0.5, 0.6) is 0 Å². The monoisotopic (exact) mass is 452 g/mol. The third-order valence-corrected chi connectivity index (χ3v) is 3.59. The molecule has 0 aliphatic rings. The molecule has 0 saturated heterocycles. The average Bonchev–Trinajstić information content (AvgIpc) is 2.59. The first-order valence-electron chi connectivity index (χ1n) is 8.09. The maximum absolute atomic E-state index is 12.0. The fraction of sp³-hybridized carbons (Fsp3) is 0.263. The van der Waals surface area contributed by atoms with Crippen LogP contribution < -0.4 is 16.4 Å². The lowest BCUT2D eigenvalue weighted by Gasteiger charge is -2.07. The van der Waals surface area contributed by atoms with Crippen LogP contribution in [0, 0.1) is 6.92 Å². The molecule has 0 aromatic heterocycles. The van der Waals surface area contributed by atoms with Crippen molar-refractivity contribution in [1.29, 1.82) is 0 Å². The van der Waals surface area contributed by atoms with Gasteiger partial charge >= 0.3 is 0 Å². The van der Waals surface area contributed by atoms with Gasteiger partial charge in [-0.3, -0.25) is 9.79 Å². The fourth-order valence-electron chi connectivity index (χ4n) is 2.25. The molecule has 2 rings (SSSR count). The lowest BCUT2D eigenvalue weighted by Crippen LogP contribution is -2.28. The second-order valence-corrected chi connectivity index (χ2v) is 5.57. The minimum atomic E-state index is -0.101. The molecule has 5 nitrogen and oxygen atoms in total. The van der Waals surface area contributed by atoms with Crippen molar-refractivity contribution in [2.75, 3.05) is 18.4 Å². The Morgan fingerprint density at radius 1 is 1.16 bits per heavy atom. The Morgan fingerprint density at radius 2 is 1.88 bits per heavy atom. The summed E-state index contributed by atoms with van der Waals surface area (Å²) in [6.45, 7) is 4.93. The zero-order valence-electron chi connectivity index (χ0n) is 14.6. The first kappa shape index (κ1) is 21.0. The highest BCUT2D eigenvalue weighted by Crippen LogP contribution is 2.09. The minimum absolute atomic E-state index is 0. The van der Waals surface area contributed by atoms with Gasteiger partial charge in [0.25, 0.3) is 5.91 Å². The normalized spacial score (nSPS) is 10.7. The van der Waals surface area contributed by atoms with Gasteiger partial charge in [-0.25, -0.2) is 0 Å². The van der Waals surface area contributed by atoms with Crippen molar-refractivity contribution in [3.8, 4) is 0 Å². The summed E-state index contributed by atoms with van der Waals surface area (Å²) in [5, 5.41) is 5.87. The Kier molecular flexibility index (Phi) is 8.98. The van der Waals surface area contributed by atoms with E-state index >= 15 is 0 Å². The Balaban J connectivity index is 0.00000312. The van der Waals surface area contributed by atoms with Gasteiger partial charge in [-0.05, 0) is 43.2 Å². The van der Waals surface area contributed by atoms with Crippen LogP contribution in [0.1, 0.15) is 28.4 Å². The summed E-state index contributed by atoms with van der Waals surface area (Å²) in [7, 11) is 0. The molecule has 0 aliphatic heterocycles. The number of aliphatic imine (C=N–C) groups is 1. The van der Waals surface area contributed by atoms with Crippen LogP contribution in [0.2, 0.25) is 0 Å². The number of carbonyl (C=O) groups excluding carboxylic acids is 1. The molecule has 0 heterocycles. The maximum Gasteiger partial charge on any atom is 0.251 e. The molecule has 2 aromatic carbocycles. The molecule has 0 unspecified atom stereocenters. The van der Waals surface area contributed by atoms with Gasteiger partial charge in [0.15, 0.2) is 5.96 Å². The molecular formula is C19H25IN4O. The molecule has 0 saturated carbocycles. The Bertz CT molecular complexity index is 714. The third-order valence-electron chi connectivity index (χ3n) is 3.59. The molecule has 0 fully saturated rings. The number of hydrogen-bond donors (Lipinski definition) is 3. The standard InChI is InChI=1S/C19H24N4O.HI/c1-3-15-7-9-17(10-8-15)23-19(20)22-12-11-21-18(24)16-6-4-5-14(2)13-16;/h4-10,13H,3,11-12H2,1-2H3,(H,21,24)(H3,20,22,23);1H. The van der Waals surface area contributed by atoms with Crippen LogP contribution >= 0.6 is 24.0 Å². The highest BCUT2D eigenvalue weighted by molar-refractivity contribution is 14.0. The summed E-state index contributed by atoms with van der Waals surface area (Å²) in [6.07, 6.45) is 1.00. The highest BCUT2D eigenvalue weighted by Gasteiger charge is 2.04. The van der Waals surface area contributed by atoms with Gasteiger partial charge < -0.3 is 16.4 Å². The highest BCUT2D eigenvalue weighted by atomic mass is 127. The number of benzene rings is 2. The number of guanidine groups is 1. The van der Waals surface area contributed by atoms with Crippen molar-refractivity contribution < 1.29 is 4.79 Å². The number of aryl methyl sites for hydroxylation is 2. The smallest absolute Gasteiger partial charge is 0.251 e. The van der Waals surface area contributed by atoms with Gasteiger partial charge in [0.1, 0.15) is 0 Å². The molecule has 0 atom stereocenters. The van der Waals surface area contributed by atoms with E-state index < -0.39 is 0 Å². The SMILES string of the molecule is CCc1ccc(NC(N)=NCCNC(=O)c2cccc(C)c2)cc1.I. The predicted molar refractivity (Wildman–Crippen MR) is 115 cm³/mol. The number of anilines is 1. The fourth-order valence-corrected chi connectivity index (χ4v) is 2.25. The Hall–Kier alpha value is -2.09. The van der Waals surface area contributed by atoms with Crippen molar-refractivity contribution in [1.82, 2.24) is 5.32 Å². The van der Waals surface area contributed by atoms with Crippen LogP contribution in [0.4, 0.5) is 5.69 Å². The van der Waals surface area contributed by atoms with E-state index in [1.807, 2.05) is 37.3 Å². The van der Waals surface area contributed by atoms with Crippen LogP contribution in [-0.2, 0) is 6.42 Å².